The summed E-state index contributed by atoms with van der Waals surface area (Å²) in [6.07, 6.45) is 1.07. The van der Waals surface area contributed by atoms with Crippen LogP contribution in [0.4, 0.5) is 0 Å². The minimum absolute atomic E-state index is 0.176. The first-order valence-electron chi connectivity index (χ1n) is 11.5. The molecule has 5 rings (SSSR count). The lowest BCUT2D eigenvalue weighted by molar-refractivity contribution is 0.0202. The topological polar surface area (TPSA) is 62.2 Å². The van der Waals surface area contributed by atoms with Crippen LogP contribution in [-0.4, -0.2) is 40.9 Å². The van der Waals surface area contributed by atoms with Crippen LogP contribution in [0.25, 0.3) is 11.1 Å². The molecule has 170 valence electrons. The van der Waals surface area contributed by atoms with Crippen molar-refractivity contribution in [3.05, 3.63) is 83.4 Å². The highest BCUT2D eigenvalue weighted by Gasteiger charge is 2.30. The first-order chi connectivity index (χ1) is 16.0. The first kappa shape index (κ1) is 21.4. The SMILES string of the molecule is CCCN1CC(Oc2ccc(C3Oc4cc(O)ccc4C(C)=C3c3ccc(O)cc3)cc2)C1. The van der Waals surface area contributed by atoms with E-state index >= 15 is 0 Å². The monoisotopic (exact) mass is 443 g/mol. The molecular formula is C28H29NO4. The number of hydrogen-bond donors (Lipinski definition) is 2. The van der Waals surface area contributed by atoms with Crippen LogP contribution in [0, 0.1) is 0 Å². The number of ether oxygens (including phenoxy) is 2. The molecule has 2 aliphatic heterocycles. The fourth-order valence-corrected chi connectivity index (χ4v) is 4.70. The number of rotatable bonds is 6. The van der Waals surface area contributed by atoms with E-state index < -0.39 is 0 Å². The fourth-order valence-electron chi connectivity index (χ4n) is 4.70. The molecule has 3 aromatic carbocycles. The summed E-state index contributed by atoms with van der Waals surface area (Å²) < 4.78 is 12.6. The Balaban J connectivity index is 1.44. The summed E-state index contributed by atoms with van der Waals surface area (Å²) in [5.41, 5.74) is 5.06. The van der Waals surface area contributed by atoms with Gasteiger partial charge in [-0.1, -0.05) is 31.2 Å². The Hall–Kier alpha value is -3.44. The lowest BCUT2D eigenvalue weighted by Gasteiger charge is -2.38. The van der Waals surface area contributed by atoms with Gasteiger partial charge in [0, 0.05) is 30.3 Å². The van der Waals surface area contributed by atoms with Gasteiger partial charge in [-0.05, 0) is 73.0 Å². The van der Waals surface area contributed by atoms with Crippen molar-refractivity contribution >= 4 is 11.1 Å². The summed E-state index contributed by atoms with van der Waals surface area (Å²) in [5, 5.41) is 19.8. The summed E-state index contributed by atoms with van der Waals surface area (Å²) in [4.78, 5) is 2.40. The van der Waals surface area contributed by atoms with Crippen LogP contribution >= 0.6 is 0 Å². The second-order valence-corrected chi connectivity index (χ2v) is 8.83. The van der Waals surface area contributed by atoms with E-state index in [1.807, 2.05) is 42.5 Å². The molecule has 1 unspecified atom stereocenters. The van der Waals surface area contributed by atoms with Gasteiger partial charge in [-0.15, -0.1) is 0 Å². The van der Waals surface area contributed by atoms with E-state index in [1.54, 1.807) is 24.3 Å². The van der Waals surface area contributed by atoms with Gasteiger partial charge in [0.15, 0.2) is 0 Å². The second kappa shape index (κ2) is 8.83. The van der Waals surface area contributed by atoms with Crippen LogP contribution in [0.2, 0.25) is 0 Å². The third-order valence-electron chi connectivity index (χ3n) is 6.41. The maximum atomic E-state index is 10.0. The van der Waals surface area contributed by atoms with Crippen molar-refractivity contribution < 1.29 is 19.7 Å². The van der Waals surface area contributed by atoms with Crippen molar-refractivity contribution in [3.8, 4) is 23.0 Å². The molecule has 0 radical (unpaired) electrons. The lowest BCUT2D eigenvalue weighted by atomic mass is 9.86. The Labute approximate surface area is 194 Å². The van der Waals surface area contributed by atoms with E-state index in [0.29, 0.717) is 5.75 Å². The van der Waals surface area contributed by atoms with Crippen LogP contribution in [0.15, 0.2) is 66.7 Å². The van der Waals surface area contributed by atoms with E-state index in [2.05, 4.69) is 18.7 Å². The number of hydrogen-bond acceptors (Lipinski definition) is 5. The molecular weight excluding hydrogens is 414 g/mol. The molecule has 0 aliphatic carbocycles. The second-order valence-electron chi connectivity index (χ2n) is 8.83. The first-order valence-corrected chi connectivity index (χ1v) is 11.5. The molecule has 2 heterocycles. The van der Waals surface area contributed by atoms with Gasteiger partial charge in [0.1, 0.15) is 35.2 Å². The average molecular weight is 444 g/mol. The van der Waals surface area contributed by atoms with Crippen molar-refractivity contribution in [2.75, 3.05) is 19.6 Å². The lowest BCUT2D eigenvalue weighted by Crippen LogP contribution is -2.53. The van der Waals surface area contributed by atoms with Crippen LogP contribution in [0.1, 0.15) is 43.1 Å². The Kier molecular flexibility index (Phi) is 5.73. The predicted molar refractivity (Wildman–Crippen MR) is 130 cm³/mol. The normalized spacial score (nSPS) is 18.4. The number of aromatic hydroxyl groups is 2. The maximum absolute atomic E-state index is 10.0. The summed E-state index contributed by atoms with van der Waals surface area (Å²) in [7, 11) is 0. The van der Waals surface area contributed by atoms with Gasteiger partial charge >= 0.3 is 0 Å². The number of phenolic OH excluding ortho intramolecular Hbond substituents is 2. The smallest absolute Gasteiger partial charge is 0.150 e. The highest BCUT2D eigenvalue weighted by atomic mass is 16.5. The molecule has 0 spiro atoms. The molecule has 5 heteroatoms. The number of benzene rings is 3. The van der Waals surface area contributed by atoms with Crippen molar-refractivity contribution in [1.82, 2.24) is 4.90 Å². The Morgan fingerprint density at radius 1 is 0.939 bits per heavy atom. The third-order valence-corrected chi connectivity index (χ3v) is 6.41. The molecule has 0 aromatic heterocycles. The van der Waals surface area contributed by atoms with Crippen LogP contribution in [0.3, 0.4) is 0 Å². The van der Waals surface area contributed by atoms with Crippen molar-refractivity contribution in [2.24, 2.45) is 0 Å². The molecule has 1 fully saturated rings. The van der Waals surface area contributed by atoms with Gasteiger partial charge in [-0.2, -0.15) is 0 Å². The Morgan fingerprint density at radius 3 is 2.33 bits per heavy atom. The molecule has 0 saturated carbocycles. The van der Waals surface area contributed by atoms with Crippen molar-refractivity contribution in [2.45, 2.75) is 32.5 Å². The molecule has 1 saturated heterocycles. The van der Waals surface area contributed by atoms with E-state index in [4.69, 9.17) is 9.47 Å². The standard InChI is InChI=1S/C28H29NO4/c1-3-14-29-16-24(17-29)32-23-11-6-20(7-12-23)28-27(19-4-8-21(30)9-5-19)18(2)25-13-10-22(31)15-26(25)33-28/h4-13,15,24,28,30-31H,3,14,16-17H2,1-2H3. The van der Waals surface area contributed by atoms with Crippen molar-refractivity contribution in [1.29, 1.82) is 0 Å². The molecule has 2 aliphatic rings. The Bertz CT molecular complexity index is 1160. The zero-order valence-electron chi connectivity index (χ0n) is 19.0. The number of likely N-dealkylation sites (tertiary alicyclic amines) is 1. The largest absolute Gasteiger partial charge is 0.508 e. The number of phenols is 2. The molecule has 5 nitrogen and oxygen atoms in total. The van der Waals surface area contributed by atoms with Gasteiger partial charge in [-0.25, -0.2) is 0 Å². The Morgan fingerprint density at radius 2 is 1.64 bits per heavy atom. The number of allylic oxidation sites excluding steroid dienone is 1. The van der Waals surface area contributed by atoms with Gasteiger partial charge in [0.2, 0.25) is 0 Å². The van der Waals surface area contributed by atoms with E-state index in [1.165, 1.54) is 6.42 Å². The minimum atomic E-state index is -0.346. The molecule has 1 atom stereocenters. The quantitative estimate of drug-likeness (QED) is 0.517. The highest BCUT2D eigenvalue weighted by molar-refractivity contribution is 5.95. The zero-order valence-corrected chi connectivity index (χ0v) is 19.0. The van der Waals surface area contributed by atoms with Crippen molar-refractivity contribution in [3.63, 3.8) is 0 Å². The summed E-state index contributed by atoms with van der Waals surface area (Å²) in [6, 6.07) is 20.5. The van der Waals surface area contributed by atoms with E-state index in [0.717, 1.165) is 53.2 Å². The predicted octanol–water partition coefficient (Wildman–Crippen LogP) is 5.64. The molecule has 0 amide bonds. The number of fused-ring (bicyclic) bond motifs is 1. The van der Waals surface area contributed by atoms with Crippen LogP contribution in [-0.2, 0) is 0 Å². The molecule has 3 aromatic rings. The minimum Gasteiger partial charge on any atom is -0.508 e. The molecule has 33 heavy (non-hydrogen) atoms. The summed E-state index contributed by atoms with van der Waals surface area (Å²) in [5.74, 6) is 1.92. The van der Waals surface area contributed by atoms with E-state index in [-0.39, 0.29) is 23.7 Å². The van der Waals surface area contributed by atoms with Gasteiger partial charge in [0.05, 0.1) is 0 Å². The van der Waals surface area contributed by atoms with E-state index in [9.17, 15) is 10.2 Å². The number of nitrogens with zero attached hydrogens (tertiary/aromatic N) is 1. The highest BCUT2D eigenvalue weighted by Crippen LogP contribution is 2.47. The maximum Gasteiger partial charge on any atom is 0.150 e. The molecule has 2 N–H and O–H groups in total. The zero-order chi connectivity index (χ0) is 22.9. The summed E-state index contributed by atoms with van der Waals surface area (Å²) >= 11 is 0. The fraction of sp³-hybridized carbons (Fsp3) is 0.286. The van der Waals surface area contributed by atoms with Gasteiger partial charge in [-0.3, -0.25) is 4.90 Å². The van der Waals surface area contributed by atoms with Gasteiger partial charge < -0.3 is 19.7 Å². The third kappa shape index (κ3) is 4.29. The van der Waals surface area contributed by atoms with Gasteiger partial charge in [0.25, 0.3) is 0 Å². The summed E-state index contributed by atoms with van der Waals surface area (Å²) in [6.45, 7) is 7.36. The molecule has 0 bridgehead atoms. The van der Waals surface area contributed by atoms with Crippen LogP contribution < -0.4 is 9.47 Å². The average Bonchev–Trinajstić information content (AvgIpc) is 2.79. The van der Waals surface area contributed by atoms with Crippen LogP contribution in [0.5, 0.6) is 23.0 Å².